The number of hydrogen-bond acceptors (Lipinski definition) is 3. The van der Waals surface area contributed by atoms with Gasteiger partial charge >= 0.3 is 0 Å². The van der Waals surface area contributed by atoms with E-state index in [9.17, 15) is 0 Å². The molecule has 1 aromatic heterocycles. The van der Waals surface area contributed by atoms with E-state index < -0.39 is 0 Å². The van der Waals surface area contributed by atoms with Gasteiger partial charge in [-0.1, -0.05) is 38.0 Å². The summed E-state index contributed by atoms with van der Waals surface area (Å²) in [7, 11) is 0. The van der Waals surface area contributed by atoms with Crippen molar-refractivity contribution in [2.75, 3.05) is 0 Å². The number of rotatable bonds is 7. The van der Waals surface area contributed by atoms with Gasteiger partial charge in [0.15, 0.2) is 0 Å². The maximum absolute atomic E-state index is 5.32. The largest absolute Gasteiger partial charge is 0.369 e. The second-order valence-corrected chi connectivity index (χ2v) is 6.43. The molecule has 0 saturated carbocycles. The highest BCUT2D eigenvalue weighted by molar-refractivity contribution is 5.99. The molecular weight excluding hydrogens is 336 g/mol. The van der Waals surface area contributed by atoms with Crippen LogP contribution >= 0.6 is 0 Å². The lowest BCUT2D eigenvalue weighted by atomic mass is 10.1. The van der Waals surface area contributed by atoms with Crippen LogP contribution in [0.4, 0.5) is 0 Å². The first-order chi connectivity index (χ1) is 13.0. The minimum absolute atomic E-state index is 0.0681. The van der Waals surface area contributed by atoms with E-state index in [1.165, 1.54) is 25.7 Å². The Bertz CT molecular complexity index is 858. The summed E-state index contributed by atoms with van der Waals surface area (Å²) in [6.07, 6.45) is 7.70. The molecule has 0 radical (unpaired) electrons. The highest BCUT2D eigenvalue weighted by atomic mass is 15.3. The van der Waals surface area contributed by atoms with E-state index in [0.29, 0.717) is 5.71 Å². The summed E-state index contributed by atoms with van der Waals surface area (Å²) in [6, 6.07) is 8.09. The second kappa shape index (κ2) is 10.2. The normalized spacial score (nSPS) is 11.0. The van der Waals surface area contributed by atoms with Gasteiger partial charge in [0.2, 0.25) is 5.96 Å². The van der Waals surface area contributed by atoms with Crippen LogP contribution in [0.25, 0.3) is 5.69 Å². The predicted molar refractivity (Wildman–Crippen MR) is 112 cm³/mol. The first-order valence-electron chi connectivity index (χ1n) is 9.30. The van der Waals surface area contributed by atoms with Crippen molar-refractivity contribution < 1.29 is 0 Å². The quantitative estimate of drug-likeness (QED) is 0.259. The van der Waals surface area contributed by atoms with Crippen LogP contribution in [0.15, 0.2) is 40.7 Å². The lowest BCUT2D eigenvalue weighted by Gasteiger charge is -2.05. The fourth-order valence-electron chi connectivity index (χ4n) is 2.70. The number of guanidine groups is 1. The van der Waals surface area contributed by atoms with Gasteiger partial charge in [0, 0.05) is 17.5 Å². The molecule has 142 valence electrons. The first-order valence-corrected chi connectivity index (χ1v) is 9.30. The van der Waals surface area contributed by atoms with Gasteiger partial charge in [-0.3, -0.25) is 0 Å². The number of nitrogens with zero attached hydrogens (tertiary/aromatic N) is 4. The highest BCUT2D eigenvalue weighted by Crippen LogP contribution is 2.16. The highest BCUT2D eigenvalue weighted by Gasteiger charge is 2.10. The third kappa shape index (κ3) is 6.00. The Kier molecular flexibility index (Phi) is 7.63. The molecule has 0 fully saturated rings. The van der Waals surface area contributed by atoms with Crippen molar-refractivity contribution in [2.45, 2.75) is 52.9 Å². The first kappa shape index (κ1) is 20.2. The molecule has 1 aromatic carbocycles. The molecule has 6 nitrogen and oxygen atoms in total. The molecule has 2 aromatic rings. The van der Waals surface area contributed by atoms with Crippen LogP contribution in [0, 0.1) is 18.8 Å². The molecule has 27 heavy (non-hydrogen) atoms. The smallest absolute Gasteiger partial charge is 0.211 e. The minimum Gasteiger partial charge on any atom is -0.369 e. The molecule has 0 unspecified atom stereocenters. The number of benzene rings is 1. The van der Waals surface area contributed by atoms with E-state index in [0.717, 1.165) is 28.9 Å². The van der Waals surface area contributed by atoms with Crippen LogP contribution in [0.1, 0.15) is 62.8 Å². The topological polar surface area (TPSA) is 94.6 Å². The summed E-state index contributed by atoms with van der Waals surface area (Å²) in [4.78, 5) is 0. The average Bonchev–Trinajstić information content (AvgIpc) is 3.04. The Balaban J connectivity index is 2.09. The Labute approximate surface area is 161 Å². The van der Waals surface area contributed by atoms with Gasteiger partial charge in [0.05, 0.1) is 23.3 Å². The van der Waals surface area contributed by atoms with E-state index in [4.69, 9.17) is 11.5 Å². The number of hydrogen-bond donors (Lipinski definition) is 2. The molecule has 0 amide bonds. The molecular formula is C21H28N6. The van der Waals surface area contributed by atoms with E-state index >= 15 is 0 Å². The Morgan fingerprint density at radius 2 is 1.85 bits per heavy atom. The van der Waals surface area contributed by atoms with Crippen LogP contribution < -0.4 is 11.5 Å². The Hall–Kier alpha value is -3.07. The zero-order chi connectivity index (χ0) is 19.6. The van der Waals surface area contributed by atoms with Crippen LogP contribution in [0.3, 0.4) is 0 Å². The molecule has 0 spiro atoms. The molecule has 1 heterocycles. The van der Waals surface area contributed by atoms with E-state index in [1.807, 2.05) is 42.8 Å². The summed E-state index contributed by atoms with van der Waals surface area (Å²) in [5, 5.41) is 12.2. The average molecular weight is 364 g/mol. The second-order valence-electron chi connectivity index (χ2n) is 6.43. The molecule has 0 aliphatic carbocycles. The molecule has 0 saturated heterocycles. The molecule has 0 bridgehead atoms. The third-order valence-corrected chi connectivity index (χ3v) is 4.21. The number of nitrogens with two attached hydrogens (primary N) is 2. The van der Waals surface area contributed by atoms with Crippen molar-refractivity contribution in [2.24, 2.45) is 21.7 Å². The Morgan fingerprint density at radius 3 is 2.52 bits per heavy atom. The maximum Gasteiger partial charge on any atom is 0.211 e. The van der Waals surface area contributed by atoms with Crippen molar-refractivity contribution in [3.8, 4) is 17.5 Å². The van der Waals surface area contributed by atoms with Gasteiger partial charge < -0.3 is 11.5 Å². The minimum atomic E-state index is -0.0681. The standard InChI is InChI=1S/C21H28N6/c1-4-5-6-7-8-9-10-18-11-13-19(14-12-18)27-17(3)20(15-24-27)16(2)25-26-21(22)23/h11-15H,4-8H2,1-3H3,(H4,22,23,26)/b25-16+. The molecule has 0 aliphatic heterocycles. The zero-order valence-corrected chi connectivity index (χ0v) is 16.4. The molecule has 0 atom stereocenters. The molecule has 4 N–H and O–H groups in total. The Morgan fingerprint density at radius 1 is 1.11 bits per heavy atom. The van der Waals surface area contributed by atoms with Gasteiger partial charge in [0.25, 0.3) is 0 Å². The van der Waals surface area contributed by atoms with Crippen LogP contribution in [-0.2, 0) is 0 Å². The van der Waals surface area contributed by atoms with Gasteiger partial charge in [0.1, 0.15) is 0 Å². The van der Waals surface area contributed by atoms with Crippen LogP contribution in [0.2, 0.25) is 0 Å². The van der Waals surface area contributed by atoms with Crippen molar-refractivity contribution in [3.63, 3.8) is 0 Å². The fourth-order valence-corrected chi connectivity index (χ4v) is 2.70. The number of unbranched alkanes of at least 4 members (excludes halogenated alkanes) is 4. The third-order valence-electron chi connectivity index (χ3n) is 4.21. The summed E-state index contributed by atoms with van der Waals surface area (Å²) in [6.45, 7) is 6.05. The monoisotopic (exact) mass is 364 g/mol. The molecule has 2 rings (SSSR count). The van der Waals surface area contributed by atoms with Gasteiger partial charge in [-0.15, -0.1) is 5.10 Å². The lowest BCUT2D eigenvalue weighted by molar-refractivity contribution is 0.679. The lowest BCUT2D eigenvalue weighted by Crippen LogP contribution is -2.22. The van der Waals surface area contributed by atoms with Crippen molar-refractivity contribution >= 4 is 11.7 Å². The fraction of sp³-hybridized carbons (Fsp3) is 0.381. The van der Waals surface area contributed by atoms with Gasteiger partial charge in [-0.2, -0.15) is 10.2 Å². The maximum atomic E-state index is 5.32. The van der Waals surface area contributed by atoms with E-state index in [2.05, 4.69) is 34.1 Å². The summed E-state index contributed by atoms with van der Waals surface area (Å²) in [5.74, 6) is 6.41. The molecule has 6 heteroatoms. The van der Waals surface area contributed by atoms with Crippen LogP contribution in [-0.4, -0.2) is 21.5 Å². The van der Waals surface area contributed by atoms with Crippen molar-refractivity contribution in [1.29, 1.82) is 0 Å². The molecule has 0 aliphatic rings. The summed E-state index contributed by atoms with van der Waals surface area (Å²) < 4.78 is 1.87. The number of aromatic nitrogens is 2. The van der Waals surface area contributed by atoms with E-state index in [-0.39, 0.29) is 5.96 Å². The van der Waals surface area contributed by atoms with Gasteiger partial charge in [-0.05, 0) is 44.5 Å². The van der Waals surface area contributed by atoms with Crippen LogP contribution in [0.5, 0.6) is 0 Å². The zero-order valence-electron chi connectivity index (χ0n) is 16.4. The van der Waals surface area contributed by atoms with Gasteiger partial charge in [-0.25, -0.2) is 4.68 Å². The summed E-state index contributed by atoms with van der Waals surface area (Å²) in [5.41, 5.74) is 15.2. The SMILES string of the molecule is CCCCCCC#Cc1ccc(-n2ncc(/C(C)=N/N=C(N)N)c2C)cc1. The summed E-state index contributed by atoms with van der Waals surface area (Å²) >= 11 is 0. The van der Waals surface area contributed by atoms with Crippen molar-refractivity contribution in [3.05, 3.63) is 47.3 Å². The predicted octanol–water partition coefficient (Wildman–Crippen LogP) is 3.50. The van der Waals surface area contributed by atoms with Crippen molar-refractivity contribution in [1.82, 2.24) is 9.78 Å². The van der Waals surface area contributed by atoms with E-state index in [1.54, 1.807) is 6.20 Å².